The highest BCUT2D eigenvalue weighted by Gasteiger charge is 2.29. The van der Waals surface area contributed by atoms with Gasteiger partial charge in [0.1, 0.15) is 0 Å². The summed E-state index contributed by atoms with van der Waals surface area (Å²) in [7, 11) is 0. The number of rotatable bonds is 2. The van der Waals surface area contributed by atoms with Gasteiger partial charge in [0.25, 0.3) is 0 Å². The molecule has 0 aliphatic carbocycles. The molecule has 0 aliphatic heterocycles. The van der Waals surface area contributed by atoms with Gasteiger partial charge in [-0.25, -0.2) is 10.1 Å². The first-order valence-corrected chi connectivity index (χ1v) is 5.43. The van der Waals surface area contributed by atoms with Crippen LogP contribution in [-0.4, -0.2) is 18.6 Å². The quantitative estimate of drug-likeness (QED) is 0.625. The number of amides is 2. The van der Waals surface area contributed by atoms with E-state index in [1.165, 1.54) is 17.8 Å². The summed E-state index contributed by atoms with van der Waals surface area (Å²) < 4.78 is 35.3. The molecule has 0 aromatic heterocycles. The zero-order chi connectivity index (χ0) is 12.2. The fourth-order valence-corrected chi connectivity index (χ4v) is 1.45. The molecule has 2 N–H and O–H groups in total. The normalized spacial score (nSPS) is 11.0. The topological polar surface area (TPSA) is 41.1 Å². The lowest BCUT2D eigenvalue weighted by atomic mass is 10.3. The summed E-state index contributed by atoms with van der Waals surface area (Å²) in [6.07, 6.45) is -2.89. The Morgan fingerprint density at radius 3 is 2.62 bits per heavy atom. The molecule has 0 saturated carbocycles. The second kappa shape index (κ2) is 5.11. The van der Waals surface area contributed by atoms with Crippen LogP contribution < -0.4 is 10.6 Å². The summed E-state index contributed by atoms with van der Waals surface area (Å²) in [5, 5.41) is 2.94. The van der Waals surface area contributed by atoms with Crippen LogP contribution in [0.15, 0.2) is 29.2 Å². The SMILES string of the molecule is CSc1cccc(NC(=O)NC(F)(F)F)c1. The molecule has 3 nitrogen and oxygen atoms in total. The fourth-order valence-electron chi connectivity index (χ4n) is 0.992. The number of benzene rings is 1. The molecule has 16 heavy (non-hydrogen) atoms. The third kappa shape index (κ3) is 4.43. The van der Waals surface area contributed by atoms with E-state index in [1.807, 2.05) is 6.26 Å². The molecule has 0 fully saturated rings. The summed E-state index contributed by atoms with van der Waals surface area (Å²) in [4.78, 5) is 11.7. The standard InChI is InChI=1S/C9H9F3N2OS/c1-16-7-4-2-3-6(5-7)13-8(15)14-9(10,11)12/h2-5H,1H3,(H2,13,14,15). The minimum Gasteiger partial charge on any atom is -0.308 e. The van der Waals surface area contributed by atoms with E-state index >= 15 is 0 Å². The maximum Gasteiger partial charge on any atom is 0.485 e. The Morgan fingerprint density at radius 1 is 1.38 bits per heavy atom. The van der Waals surface area contributed by atoms with E-state index in [0.29, 0.717) is 5.69 Å². The fraction of sp³-hybridized carbons (Fsp3) is 0.222. The lowest BCUT2D eigenvalue weighted by Crippen LogP contribution is -2.40. The van der Waals surface area contributed by atoms with Crippen LogP contribution in [0.3, 0.4) is 0 Å². The van der Waals surface area contributed by atoms with Crippen molar-refractivity contribution in [1.82, 2.24) is 5.32 Å². The van der Waals surface area contributed by atoms with Crippen molar-refractivity contribution in [3.63, 3.8) is 0 Å². The van der Waals surface area contributed by atoms with Gasteiger partial charge >= 0.3 is 12.3 Å². The molecular weight excluding hydrogens is 241 g/mol. The van der Waals surface area contributed by atoms with Crippen LogP contribution in [0.25, 0.3) is 0 Å². The van der Waals surface area contributed by atoms with Crippen molar-refractivity contribution in [2.24, 2.45) is 0 Å². The Balaban J connectivity index is 2.62. The highest BCUT2D eigenvalue weighted by atomic mass is 32.2. The summed E-state index contributed by atoms with van der Waals surface area (Å²) in [6, 6.07) is 5.23. The Kier molecular flexibility index (Phi) is 4.05. The minimum atomic E-state index is -4.72. The van der Waals surface area contributed by atoms with E-state index in [9.17, 15) is 18.0 Å². The van der Waals surface area contributed by atoms with Crippen LogP contribution in [0, 0.1) is 0 Å². The van der Waals surface area contributed by atoms with Crippen LogP contribution in [0.1, 0.15) is 0 Å². The zero-order valence-corrected chi connectivity index (χ0v) is 9.08. The molecule has 2 amide bonds. The van der Waals surface area contributed by atoms with Crippen LogP contribution in [0.4, 0.5) is 23.7 Å². The van der Waals surface area contributed by atoms with Crippen molar-refractivity contribution in [3.8, 4) is 0 Å². The number of halogens is 3. The lowest BCUT2D eigenvalue weighted by molar-refractivity contribution is -0.144. The van der Waals surface area contributed by atoms with E-state index in [-0.39, 0.29) is 0 Å². The Bertz CT molecular complexity index is 381. The van der Waals surface area contributed by atoms with Gasteiger partial charge in [0.05, 0.1) is 0 Å². The van der Waals surface area contributed by atoms with Gasteiger partial charge in [0.2, 0.25) is 0 Å². The Labute approximate surface area is 94.4 Å². The molecule has 0 heterocycles. The Morgan fingerprint density at radius 2 is 2.06 bits per heavy atom. The van der Waals surface area contributed by atoms with Gasteiger partial charge in [0, 0.05) is 10.6 Å². The number of anilines is 1. The van der Waals surface area contributed by atoms with Gasteiger partial charge in [0.15, 0.2) is 0 Å². The van der Waals surface area contributed by atoms with Crippen LogP contribution in [0.2, 0.25) is 0 Å². The molecule has 0 unspecified atom stereocenters. The van der Waals surface area contributed by atoms with Gasteiger partial charge in [-0.3, -0.25) is 0 Å². The number of nitrogens with one attached hydrogen (secondary N) is 2. The van der Waals surface area contributed by atoms with Crippen LogP contribution in [0.5, 0.6) is 0 Å². The summed E-state index contributed by atoms with van der Waals surface area (Å²) in [6.45, 7) is 0. The van der Waals surface area contributed by atoms with Gasteiger partial charge < -0.3 is 5.32 Å². The number of hydrogen-bond acceptors (Lipinski definition) is 2. The van der Waals surface area contributed by atoms with E-state index in [1.54, 1.807) is 18.2 Å². The Hall–Kier alpha value is -1.37. The number of carbonyl (C=O) groups excluding carboxylic acids is 1. The van der Waals surface area contributed by atoms with Gasteiger partial charge in [-0.1, -0.05) is 6.07 Å². The number of carbonyl (C=O) groups is 1. The summed E-state index contributed by atoms with van der Waals surface area (Å²) >= 11 is 1.43. The number of hydrogen-bond donors (Lipinski definition) is 2. The van der Waals surface area contributed by atoms with Gasteiger partial charge in [-0.2, -0.15) is 13.2 Å². The lowest BCUT2D eigenvalue weighted by Gasteiger charge is -2.10. The van der Waals surface area contributed by atoms with Crippen molar-refractivity contribution in [2.45, 2.75) is 11.2 Å². The van der Waals surface area contributed by atoms with E-state index < -0.39 is 12.3 Å². The third-order valence-electron chi connectivity index (χ3n) is 1.58. The van der Waals surface area contributed by atoms with Crippen molar-refractivity contribution in [3.05, 3.63) is 24.3 Å². The molecular formula is C9H9F3N2OS. The molecule has 0 spiro atoms. The predicted molar refractivity (Wildman–Crippen MR) is 56.4 cm³/mol. The summed E-state index contributed by atoms with van der Waals surface area (Å²) in [5.74, 6) is 0. The molecule has 1 aromatic rings. The largest absolute Gasteiger partial charge is 0.485 e. The minimum absolute atomic E-state index is 0.314. The van der Waals surface area contributed by atoms with Crippen molar-refractivity contribution < 1.29 is 18.0 Å². The van der Waals surface area contributed by atoms with Gasteiger partial charge in [-0.05, 0) is 24.5 Å². The first-order valence-electron chi connectivity index (χ1n) is 4.20. The molecule has 1 rings (SSSR count). The van der Waals surface area contributed by atoms with Crippen molar-refractivity contribution in [1.29, 1.82) is 0 Å². The zero-order valence-electron chi connectivity index (χ0n) is 8.26. The van der Waals surface area contributed by atoms with E-state index in [2.05, 4.69) is 5.32 Å². The molecule has 7 heteroatoms. The monoisotopic (exact) mass is 250 g/mol. The van der Waals surface area contributed by atoms with E-state index in [0.717, 1.165) is 10.2 Å². The number of alkyl halides is 3. The van der Waals surface area contributed by atoms with Crippen molar-refractivity contribution >= 4 is 23.5 Å². The molecule has 0 bridgehead atoms. The predicted octanol–water partition coefficient (Wildman–Crippen LogP) is 3.05. The molecule has 0 aliphatic rings. The molecule has 1 aromatic carbocycles. The number of urea groups is 1. The first kappa shape index (κ1) is 12.7. The molecule has 0 radical (unpaired) electrons. The first-order chi connectivity index (χ1) is 7.40. The second-order valence-electron chi connectivity index (χ2n) is 2.81. The maximum atomic E-state index is 11.8. The highest BCUT2D eigenvalue weighted by molar-refractivity contribution is 7.98. The number of thioether (sulfide) groups is 1. The molecule has 0 atom stereocenters. The smallest absolute Gasteiger partial charge is 0.308 e. The third-order valence-corrected chi connectivity index (χ3v) is 2.31. The van der Waals surface area contributed by atoms with E-state index in [4.69, 9.17) is 0 Å². The van der Waals surface area contributed by atoms with Crippen LogP contribution >= 0.6 is 11.8 Å². The van der Waals surface area contributed by atoms with Crippen LogP contribution in [-0.2, 0) is 0 Å². The average Bonchev–Trinajstić information content (AvgIpc) is 2.15. The van der Waals surface area contributed by atoms with Gasteiger partial charge in [-0.15, -0.1) is 11.8 Å². The second-order valence-corrected chi connectivity index (χ2v) is 3.69. The van der Waals surface area contributed by atoms with Crippen molar-refractivity contribution in [2.75, 3.05) is 11.6 Å². The molecule has 88 valence electrons. The summed E-state index contributed by atoms with van der Waals surface area (Å²) in [5.41, 5.74) is 0.314. The average molecular weight is 250 g/mol. The maximum absolute atomic E-state index is 11.8. The molecule has 0 saturated heterocycles. The highest BCUT2D eigenvalue weighted by Crippen LogP contribution is 2.19.